The number of nitrogens with zero attached hydrogens (tertiary/aromatic N) is 2. The molecule has 2 heterocycles. The molecule has 0 aliphatic rings. The van der Waals surface area contributed by atoms with Gasteiger partial charge in [-0.15, -0.1) is 11.3 Å². The van der Waals surface area contributed by atoms with E-state index in [0.717, 1.165) is 35.9 Å². The van der Waals surface area contributed by atoms with Crippen LogP contribution in [0.1, 0.15) is 17.6 Å². The van der Waals surface area contributed by atoms with E-state index >= 15 is 0 Å². The molecule has 0 radical (unpaired) electrons. The van der Waals surface area contributed by atoms with E-state index < -0.39 is 0 Å². The van der Waals surface area contributed by atoms with E-state index in [-0.39, 0.29) is 5.91 Å². The summed E-state index contributed by atoms with van der Waals surface area (Å²) in [5, 5.41) is 14.7. The maximum Gasteiger partial charge on any atom is 0.221 e. The Hall–Kier alpha value is -1.73. The number of thiophene rings is 1. The second-order valence-corrected chi connectivity index (χ2v) is 4.80. The minimum atomic E-state index is -0.0451. The van der Waals surface area contributed by atoms with Crippen molar-refractivity contribution in [3.8, 4) is 0 Å². The number of H-pyrrole nitrogens is 1. The summed E-state index contributed by atoms with van der Waals surface area (Å²) in [6.45, 7) is 3.06. The zero-order valence-corrected chi connectivity index (χ0v) is 10.9. The minimum absolute atomic E-state index is 0.0451. The molecule has 0 unspecified atom stereocenters. The highest BCUT2D eigenvalue weighted by molar-refractivity contribution is 7.10. The van der Waals surface area contributed by atoms with E-state index in [1.165, 1.54) is 13.3 Å². The lowest BCUT2D eigenvalue weighted by molar-refractivity contribution is -0.114. The molecule has 2 rings (SSSR count). The van der Waals surface area contributed by atoms with E-state index in [9.17, 15) is 4.79 Å². The Bertz CT molecular complexity index is 493. The third-order valence-electron chi connectivity index (χ3n) is 2.35. The third-order valence-corrected chi connectivity index (χ3v) is 3.27. The number of nitrogens with one attached hydrogen (secondary N) is 3. The quantitative estimate of drug-likeness (QED) is 0.684. The lowest BCUT2D eigenvalue weighted by Crippen LogP contribution is -2.17. The van der Waals surface area contributed by atoms with Gasteiger partial charge in [0.2, 0.25) is 5.91 Å². The van der Waals surface area contributed by atoms with Gasteiger partial charge in [-0.1, -0.05) is 0 Å². The molecular formula is C11H15N5OS. The van der Waals surface area contributed by atoms with Crippen LogP contribution in [0.5, 0.6) is 0 Å². The van der Waals surface area contributed by atoms with Crippen molar-refractivity contribution >= 4 is 22.9 Å². The number of aromatic nitrogens is 3. The number of carbonyl (C=O) groups excluding carboxylic acids is 1. The molecule has 0 saturated heterocycles. The van der Waals surface area contributed by atoms with Gasteiger partial charge in [0.1, 0.15) is 12.2 Å². The Morgan fingerprint density at radius 1 is 1.56 bits per heavy atom. The van der Waals surface area contributed by atoms with Crippen LogP contribution in [-0.4, -0.2) is 27.6 Å². The third kappa shape index (κ3) is 3.64. The highest BCUT2D eigenvalue weighted by atomic mass is 32.1. The van der Waals surface area contributed by atoms with Gasteiger partial charge in [0.05, 0.1) is 5.69 Å². The van der Waals surface area contributed by atoms with Crippen molar-refractivity contribution < 1.29 is 4.79 Å². The fourth-order valence-corrected chi connectivity index (χ4v) is 2.34. The molecule has 7 heteroatoms. The highest BCUT2D eigenvalue weighted by Gasteiger charge is 2.05. The molecule has 2 aromatic rings. The van der Waals surface area contributed by atoms with Gasteiger partial charge in [0.15, 0.2) is 0 Å². The molecule has 0 aliphatic carbocycles. The number of anilines is 1. The van der Waals surface area contributed by atoms with Crippen LogP contribution in [0.4, 0.5) is 5.69 Å². The van der Waals surface area contributed by atoms with Crippen LogP contribution in [0.2, 0.25) is 0 Å². The molecule has 0 fully saturated rings. The summed E-state index contributed by atoms with van der Waals surface area (Å²) in [6.07, 6.45) is 2.31. The largest absolute Gasteiger partial charge is 0.325 e. The molecule has 6 nitrogen and oxygen atoms in total. The second-order valence-electron chi connectivity index (χ2n) is 3.80. The summed E-state index contributed by atoms with van der Waals surface area (Å²) in [7, 11) is 0. The molecule has 3 N–H and O–H groups in total. The lowest BCUT2D eigenvalue weighted by Gasteiger charge is -2.05. The van der Waals surface area contributed by atoms with Gasteiger partial charge < -0.3 is 10.6 Å². The number of hydrogen-bond acceptors (Lipinski definition) is 5. The topological polar surface area (TPSA) is 82.7 Å². The Balaban J connectivity index is 1.76. The molecule has 1 amide bonds. The average Bonchev–Trinajstić information content (AvgIpc) is 2.95. The van der Waals surface area contributed by atoms with Gasteiger partial charge in [-0.05, 0) is 11.4 Å². The van der Waals surface area contributed by atoms with Crippen LogP contribution in [0, 0.1) is 0 Å². The number of rotatable bonds is 6. The summed E-state index contributed by atoms with van der Waals surface area (Å²) in [5.41, 5.74) is 0.889. The normalized spacial score (nSPS) is 10.5. The van der Waals surface area contributed by atoms with Crippen LogP contribution < -0.4 is 10.6 Å². The van der Waals surface area contributed by atoms with E-state index in [2.05, 4.69) is 25.8 Å². The lowest BCUT2D eigenvalue weighted by atomic mass is 10.3. The van der Waals surface area contributed by atoms with Gasteiger partial charge in [-0.3, -0.25) is 9.89 Å². The molecule has 0 saturated carbocycles. The number of amides is 1. The molecular weight excluding hydrogens is 250 g/mol. The first-order valence-corrected chi connectivity index (χ1v) is 6.52. The molecule has 0 aromatic carbocycles. The monoisotopic (exact) mass is 265 g/mol. The van der Waals surface area contributed by atoms with Gasteiger partial charge >= 0.3 is 0 Å². The van der Waals surface area contributed by atoms with Crippen molar-refractivity contribution in [2.45, 2.75) is 19.9 Å². The van der Waals surface area contributed by atoms with E-state index in [0.29, 0.717) is 0 Å². The first-order valence-electron chi connectivity index (χ1n) is 5.64. The average molecular weight is 265 g/mol. The predicted molar refractivity (Wildman–Crippen MR) is 70.4 cm³/mol. The number of hydrogen-bond donors (Lipinski definition) is 3. The fraction of sp³-hybridized carbons (Fsp3) is 0.364. The summed E-state index contributed by atoms with van der Waals surface area (Å²) in [5.74, 6) is 0.826. The molecule has 0 bridgehead atoms. The van der Waals surface area contributed by atoms with Crippen LogP contribution >= 0.6 is 11.3 Å². The van der Waals surface area contributed by atoms with Gasteiger partial charge in [0, 0.05) is 31.3 Å². The number of carbonyl (C=O) groups is 1. The van der Waals surface area contributed by atoms with E-state index in [1.807, 2.05) is 11.4 Å². The minimum Gasteiger partial charge on any atom is -0.325 e. The van der Waals surface area contributed by atoms with Crippen LogP contribution in [0.3, 0.4) is 0 Å². The van der Waals surface area contributed by atoms with Crippen molar-refractivity contribution in [1.82, 2.24) is 20.5 Å². The molecule has 0 aliphatic heterocycles. The Labute approximate surface area is 109 Å². The highest BCUT2D eigenvalue weighted by Crippen LogP contribution is 2.21. The maximum absolute atomic E-state index is 11.0. The zero-order chi connectivity index (χ0) is 12.8. The van der Waals surface area contributed by atoms with Crippen molar-refractivity contribution in [2.24, 2.45) is 0 Å². The summed E-state index contributed by atoms with van der Waals surface area (Å²) in [4.78, 5) is 16.2. The van der Waals surface area contributed by atoms with E-state index in [4.69, 9.17) is 0 Å². The van der Waals surface area contributed by atoms with Crippen LogP contribution in [0.25, 0.3) is 0 Å². The second kappa shape index (κ2) is 6.27. The Morgan fingerprint density at radius 2 is 2.44 bits per heavy atom. The summed E-state index contributed by atoms with van der Waals surface area (Å²) >= 11 is 1.63. The first kappa shape index (κ1) is 12.7. The predicted octanol–water partition coefficient (Wildman–Crippen LogP) is 1.16. The summed E-state index contributed by atoms with van der Waals surface area (Å²) in [6, 6.07) is 1.92. The zero-order valence-electron chi connectivity index (χ0n) is 10.1. The standard InChI is InChI=1S/C11H15N5OS/c1-8(17)15-9-3-5-18-10(9)6-12-4-2-11-13-7-14-16-11/h3,5,7,12H,2,4,6H2,1H3,(H,15,17)(H,13,14,16). The molecule has 96 valence electrons. The molecule has 2 aromatic heterocycles. The Kier molecular flexibility index (Phi) is 4.43. The molecule has 0 spiro atoms. The first-order chi connectivity index (χ1) is 8.75. The smallest absolute Gasteiger partial charge is 0.221 e. The van der Waals surface area contributed by atoms with Gasteiger partial charge in [-0.2, -0.15) is 5.10 Å². The van der Waals surface area contributed by atoms with Crippen molar-refractivity contribution in [1.29, 1.82) is 0 Å². The van der Waals surface area contributed by atoms with Crippen molar-refractivity contribution in [3.63, 3.8) is 0 Å². The van der Waals surface area contributed by atoms with Crippen LogP contribution in [-0.2, 0) is 17.8 Å². The Morgan fingerprint density at radius 3 is 3.17 bits per heavy atom. The SMILES string of the molecule is CC(=O)Nc1ccsc1CNCCc1ncn[nH]1. The fourth-order valence-electron chi connectivity index (χ4n) is 1.54. The molecule has 0 atom stereocenters. The van der Waals surface area contributed by atoms with Crippen LogP contribution in [0.15, 0.2) is 17.8 Å². The van der Waals surface area contributed by atoms with Gasteiger partial charge in [-0.25, -0.2) is 4.98 Å². The van der Waals surface area contributed by atoms with Crippen molar-refractivity contribution in [3.05, 3.63) is 28.5 Å². The van der Waals surface area contributed by atoms with Gasteiger partial charge in [0.25, 0.3) is 0 Å². The van der Waals surface area contributed by atoms with E-state index in [1.54, 1.807) is 11.3 Å². The number of aromatic amines is 1. The van der Waals surface area contributed by atoms with Crippen molar-refractivity contribution in [2.75, 3.05) is 11.9 Å². The summed E-state index contributed by atoms with van der Waals surface area (Å²) < 4.78 is 0. The molecule has 18 heavy (non-hydrogen) atoms. The maximum atomic E-state index is 11.0.